The van der Waals surface area contributed by atoms with E-state index < -0.39 is 0 Å². The fourth-order valence-electron chi connectivity index (χ4n) is 8.18. The monoisotopic (exact) mass is 766 g/mol. The predicted molar refractivity (Wildman–Crippen MR) is 251 cm³/mol. The van der Waals surface area contributed by atoms with Crippen molar-refractivity contribution in [2.45, 2.75) is 52.6 Å². The minimum absolute atomic E-state index is 0.267. The van der Waals surface area contributed by atoms with Crippen molar-refractivity contribution in [2.24, 2.45) is 0 Å². The quantitative estimate of drug-likeness (QED) is 0.138. The summed E-state index contributed by atoms with van der Waals surface area (Å²) >= 11 is 0. The maximum atomic E-state index is 6.20. The van der Waals surface area contributed by atoms with Crippen molar-refractivity contribution in [3.05, 3.63) is 200 Å². The van der Waals surface area contributed by atoms with Gasteiger partial charge in [0.1, 0.15) is 11.4 Å². The molecule has 0 fully saturated rings. The first-order valence-electron chi connectivity index (χ1n) is 20.8. The normalized spacial score (nSPS) is 12.2. The van der Waals surface area contributed by atoms with Crippen LogP contribution in [0.25, 0.3) is 60.9 Å². The number of anilines is 3. The van der Waals surface area contributed by atoms with Crippen LogP contribution < -0.4 is 9.64 Å². The zero-order valence-electron chi connectivity index (χ0n) is 34.6. The lowest BCUT2D eigenvalue weighted by Gasteiger charge is -2.25. The van der Waals surface area contributed by atoms with Gasteiger partial charge in [0, 0.05) is 33.5 Å². The number of aromatic nitrogens is 1. The van der Waals surface area contributed by atoms with E-state index in [1.54, 1.807) is 0 Å². The Bertz CT molecular complexity index is 2790. The third-order valence-corrected chi connectivity index (χ3v) is 11.4. The molecule has 8 aromatic carbocycles. The summed E-state index contributed by atoms with van der Waals surface area (Å²) in [4.78, 5) is 2.30. The molecule has 3 heteroatoms. The van der Waals surface area contributed by atoms with Gasteiger partial charge in [-0.05, 0) is 157 Å². The van der Waals surface area contributed by atoms with Crippen molar-refractivity contribution in [2.75, 3.05) is 4.90 Å². The first kappa shape index (κ1) is 37.7. The molecule has 0 N–H and O–H groups in total. The topological polar surface area (TPSA) is 17.4 Å². The molecule has 0 saturated carbocycles. The van der Waals surface area contributed by atoms with Crippen LogP contribution in [0.15, 0.2) is 194 Å². The molecule has 1 unspecified atom stereocenters. The number of benzene rings is 8. The zero-order valence-corrected chi connectivity index (χ0v) is 34.6. The van der Waals surface area contributed by atoms with Crippen molar-refractivity contribution < 1.29 is 4.74 Å². The second kappa shape index (κ2) is 15.8. The summed E-state index contributed by atoms with van der Waals surface area (Å²) in [6.07, 6.45) is 1.15. The van der Waals surface area contributed by atoms with Gasteiger partial charge < -0.3 is 14.2 Å². The lowest BCUT2D eigenvalue weighted by molar-refractivity contribution is 0.131. The molecule has 0 bridgehead atoms. The number of fused-ring (bicyclic) bond motifs is 3. The third kappa shape index (κ3) is 7.77. The molecule has 290 valence electrons. The lowest BCUT2D eigenvalue weighted by atomic mass is 9.95. The number of ether oxygens (including phenoxy) is 1. The van der Waals surface area contributed by atoms with Gasteiger partial charge in [-0.3, -0.25) is 0 Å². The van der Waals surface area contributed by atoms with Crippen LogP contribution in [0.2, 0.25) is 0 Å². The van der Waals surface area contributed by atoms with Gasteiger partial charge in [0.25, 0.3) is 0 Å². The van der Waals surface area contributed by atoms with Gasteiger partial charge >= 0.3 is 0 Å². The molecule has 0 aliphatic rings. The third-order valence-electron chi connectivity index (χ3n) is 11.4. The molecule has 0 aliphatic heterocycles. The largest absolute Gasteiger partial charge is 0.488 e. The molecule has 9 rings (SSSR count). The molecule has 0 spiro atoms. The number of rotatable bonds is 10. The van der Waals surface area contributed by atoms with E-state index in [1.165, 1.54) is 55.2 Å². The van der Waals surface area contributed by atoms with Gasteiger partial charge in [0.15, 0.2) is 0 Å². The molecule has 1 aromatic heterocycles. The summed E-state index contributed by atoms with van der Waals surface area (Å²) in [5.41, 5.74) is 15.1. The SMILES string of the molecule is CCC(C)c1ccc(-c2ccc(-c3ccc4c(c3)c3cc(-c5ccc(N(c6ccccc6)c6ccccc6)cc5)ccc3n4-c3ccc(OC(C)(C)C)cc3)cc2)cc1. The Morgan fingerprint density at radius 3 is 1.34 bits per heavy atom. The highest BCUT2D eigenvalue weighted by atomic mass is 16.5. The second-order valence-electron chi connectivity index (χ2n) is 16.6. The molecule has 3 nitrogen and oxygen atoms in total. The number of nitrogens with zero attached hydrogens (tertiary/aromatic N) is 2. The first-order chi connectivity index (χ1) is 28.7. The summed E-state index contributed by atoms with van der Waals surface area (Å²) < 4.78 is 8.58. The van der Waals surface area contributed by atoms with E-state index in [1.807, 2.05) is 0 Å². The van der Waals surface area contributed by atoms with Crippen LogP contribution in [0, 0.1) is 0 Å². The van der Waals surface area contributed by atoms with E-state index in [4.69, 9.17) is 4.74 Å². The van der Waals surface area contributed by atoms with Crippen LogP contribution >= 0.6 is 0 Å². The van der Waals surface area contributed by atoms with Crippen molar-refractivity contribution in [1.29, 1.82) is 0 Å². The van der Waals surface area contributed by atoms with Crippen molar-refractivity contribution in [3.8, 4) is 44.8 Å². The Morgan fingerprint density at radius 1 is 0.475 bits per heavy atom. The van der Waals surface area contributed by atoms with Crippen LogP contribution in [-0.4, -0.2) is 10.2 Å². The highest BCUT2D eigenvalue weighted by molar-refractivity contribution is 6.11. The van der Waals surface area contributed by atoms with Gasteiger partial charge in [-0.15, -0.1) is 0 Å². The van der Waals surface area contributed by atoms with E-state index in [0.29, 0.717) is 5.92 Å². The molecule has 0 saturated heterocycles. The predicted octanol–water partition coefficient (Wildman–Crippen LogP) is 15.9. The number of para-hydroxylation sites is 2. The molecular weight excluding hydrogens is 717 g/mol. The number of hydrogen-bond acceptors (Lipinski definition) is 2. The average Bonchev–Trinajstić information content (AvgIpc) is 3.60. The minimum Gasteiger partial charge on any atom is -0.488 e. The zero-order chi connectivity index (χ0) is 40.5. The maximum absolute atomic E-state index is 6.20. The molecule has 0 aliphatic carbocycles. The van der Waals surface area contributed by atoms with Crippen LogP contribution in [0.4, 0.5) is 17.1 Å². The Kier molecular flexibility index (Phi) is 10.1. The van der Waals surface area contributed by atoms with Crippen molar-refractivity contribution in [1.82, 2.24) is 4.57 Å². The van der Waals surface area contributed by atoms with E-state index >= 15 is 0 Å². The van der Waals surface area contributed by atoms with Crippen LogP contribution in [0.1, 0.15) is 52.5 Å². The fourth-order valence-corrected chi connectivity index (χ4v) is 8.18. The van der Waals surface area contributed by atoms with Crippen molar-refractivity contribution >= 4 is 38.9 Å². The molecule has 1 heterocycles. The smallest absolute Gasteiger partial charge is 0.120 e. The van der Waals surface area contributed by atoms with E-state index in [2.05, 4.69) is 238 Å². The Hall–Kier alpha value is -6.84. The summed E-state index contributed by atoms with van der Waals surface area (Å²) in [5, 5.41) is 2.43. The lowest BCUT2D eigenvalue weighted by Crippen LogP contribution is -2.22. The summed E-state index contributed by atoms with van der Waals surface area (Å²) in [7, 11) is 0. The van der Waals surface area contributed by atoms with Gasteiger partial charge in [0.05, 0.1) is 11.0 Å². The molecule has 59 heavy (non-hydrogen) atoms. The van der Waals surface area contributed by atoms with Gasteiger partial charge in [-0.1, -0.05) is 123 Å². The summed E-state index contributed by atoms with van der Waals surface area (Å²) in [6.45, 7) is 10.8. The highest BCUT2D eigenvalue weighted by Crippen LogP contribution is 2.40. The minimum atomic E-state index is -0.267. The Morgan fingerprint density at radius 2 is 0.881 bits per heavy atom. The first-order valence-corrected chi connectivity index (χ1v) is 20.8. The van der Waals surface area contributed by atoms with Gasteiger partial charge in [-0.2, -0.15) is 0 Å². The molecule has 0 radical (unpaired) electrons. The number of hydrogen-bond donors (Lipinski definition) is 0. The van der Waals surface area contributed by atoms with E-state index in [-0.39, 0.29) is 5.60 Å². The average molecular weight is 767 g/mol. The highest BCUT2D eigenvalue weighted by Gasteiger charge is 2.18. The summed E-state index contributed by atoms with van der Waals surface area (Å²) in [6, 6.07) is 70.4. The molecule has 0 amide bonds. The van der Waals surface area contributed by atoms with Gasteiger partial charge in [0.2, 0.25) is 0 Å². The summed E-state index contributed by atoms with van der Waals surface area (Å²) in [5.74, 6) is 1.43. The Labute approximate surface area is 348 Å². The van der Waals surface area contributed by atoms with E-state index in [0.717, 1.165) is 40.4 Å². The molecule has 9 aromatic rings. The standard InChI is InChI=1S/C56H50N2O/c1-6-39(2)40-17-19-41(20-18-40)42-21-23-43(24-22-42)45-27-35-54-52(37-45)53-38-46(28-36-55(53)58(54)50-31-33-51(34-32-50)59-56(3,4)5)44-25-29-49(30-26-44)57(47-13-9-7-10-14-47)48-15-11-8-12-16-48/h7-39H,6H2,1-5H3. The van der Waals surface area contributed by atoms with Crippen LogP contribution in [0.3, 0.4) is 0 Å². The Balaban J connectivity index is 1.11. The second-order valence-corrected chi connectivity index (χ2v) is 16.6. The molecule has 1 atom stereocenters. The van der Waals surface area contributed by atoms with E-state index in [9.17, 15) is 0 Å². The van der Waals surface area contributed by atoms with Crippen LogP contribution in [-0.2, 0) is 0 Å². The van der Waals surface area contributed by atoms with Crippen LogP contribution in [0.5, 0.6) is 5.75 Å². The fraction of sp³-hybridized carbons (Fsp3) is 0.143. The van der Waals surface area contributed by atoms with Gasteiger partial charge in [-0.25, -0.2) is 0 Å². The van der Waals surface area contributed by atoms with Crippen molar-refractivity contribution in [3.63, 3.8) is 0 Å². The maximum Gasteiger partial charge on any atom is 0.120 e. The molecular formula is C56H50N2O.